The molecule has 2 aromatic heterocycles. The Labute approximate surface area is 209 Å². The van der Waals surface area contributed by atoms with Gasteiger partial charge in [-0.3, -0.25) is 0 Å². The van der Waals surface area contributed by atoms with Gasteiger partial charge < -0.3 is 9.84 Å². The molecule has 192 valence electrons. The summed E-state index contributed by atoms with van der Waals surface area (Å²) >= 11 is 0. The van der Waals surface area contributed by atoms with Gasteiger partial charge in [-0.15, -0.1) is 5.10 Å². The largest absolute Gasteiger partial charge is 0.478 e. The fraction of sp³-hybridized carbons (Fsp3) is 0.240. The molecule has 0 fully saturated rings. The first-order valence-electron chi connectivity index (χ1n) is 11.2. The molecule has 2 aromatic carbocycles. The maximum absolute atomic E-state index is 13.9. The summed E-state index contributed by atoms with van der Waals surface area (Å²) in [4.78, 5) is 23.5. The number of aromatic carboxylic acids is 1. The molecular formula is C25H22F3N5O4. The second kappa shape index (κ2) is 10.2. The van der Waals surface area contributed by atoms with Gasteiger partial charge in [0.2, 0.25) is 0 Å². The van der Waals surface area contributed by atoms with Crippen LogP contribution in [0.4, 0.5) is 13.2 Å². The van der Waals surface area contributed by atoms with Crippen molar-refractivity contribution in [3.05, 3.63) is 77.7 Å². The summed E-state index contributed by atoms with van der Waals surface area (Å²) in [6, 6.07) is 12.0. The number of nitrogens with zero attached hydrogens (tertiary/aromatic N) is 5. The summed E-state index contributed by atoms with van der Waals surface area (Å²) < 4.78 is 48.8. The number of hydrogen-bond acceptors (Lipinski definition) is 6. The second-order valence-electron chi connectivity index (χ2n) is 8.59. The Balaban J connectivity index is 1.59. The fourth-order valence-electron chi connectivity index (χ4n) is 3.51. The Morgan fingerprint density at radius 3 is 2.43 bits per heavy atom. The minimum Gasteiger partial charge on any atom is -0.478 e. The van der Waals surface area contributed by atoms with Crippen molar-refractivity contribution in [2.45, 2.75) is 26.4 Å². The van der Waals surface area contributed by atoms with Crippen molar-refractivity contribution in [2.75, 3.05) is 6.61 Å². The van der Waals surface area contributed by atoms with Gasteiger partial charge >= 0.3 is 18.1 Å². The number of benzene rings is 2. The number of rotatable bonds is 8. The third-order valence-electron chi connectivity index (χ3n) is 5.44. The normalized spacial score (nSPS) is 11.6. The van der Waals surface area contributed by atoms with Gasteiger partial charge in [-0.25, -0.2) is 19.0 Å². The average molecular weight is 513 g/mol. The van der Waals surface area contributed by atoms with Crippen molar-refractivity contribution in [2.24, 2.45) is 5.92 Å². The van der Waals surface area contributed by atoms with Gasteiger partial charge in [0, 0.05) is 5.56 Å². The lowest BCUT2D eigenvalue weighted by Crippen LogP contribution is -2.19. The zero-order chi connectivity index (χ0) is 26.7. The molecule has 12 heteroatoms. The predicted octanol–water partition coefficient (Wildman–Crippen LogP) is 5.04. The average Bonchev–Trinajstić information content (AvgIpc) is 3.52. The van der Waals surface area contributed by atoms with E-state index in [1.807, 2.05) is 13.8 Å². The van der Waals surface area contributed by atoms with Gasteiger partial charge in [0.15, 0.2) is 5.69 Å². The molecule has 0 spiro atoms. The van der Waals surface area contributed by atoms with Crippen LogP contribution in [0.5, 0.6) is 0 Å². The van der Waals surface area contributed by atoms with Crippen molar-refractivity contribution >= 4 is 11.9 Å². The number of carboxylic acid groups (broad SMARTS) is 1. The smallest absolute Gasteiger partial charge is 0.434 e. The number of halogens is 3. The molecule has 0 saturated heterocycles. The van der Waals surface area contributed by atoms with Crippen molar-refractivity contribution in [1.29, 1.82) is 0 Å². The van der Waals surface area contributed by atoms with Crippen LogP contribution >= 0.6 is 0 Å². The highest BCUT2D eigenvalue weighted by atomic mass is 19.4. The molecule has 4 aromatic rings. The first-order valence-corrected chi connectivity index (χ1v) is 11.2. The number of esters is 1. The number of hydrogen-bond donors (Lipinski definition) is 1. The minimum atomic E-state index is -4.85. The van der Waals surface area contributed by atoms with Gasteiger partial charge in [0.05, 0.1) is 35.9 Å². The van der Waals surface area contributed by atoms with E-state index < -0.39 is 29.4 Å². The van der Waals surface area contributed by atoms with Gasteiger partial charge in [-0.2, -0.15) is 18.3 Å². The molecule has 4 rings (SSSR count). The molecule has 0 atom stereocenters. The van der Waals surface area contributed by atoms with Gasteiger partial charge in [-0.1, -0.05) is 31.2 Å². The molecule has 0 aliphatic heterocycles. The third-order valence-corrected chi connectivity index (χ3v) is 5.44. The van der Waals surface area contributed by atoms with Crippen LogP contribution in [0.1, 0.15) is 46.7 Å². The molecule has 37 heavy (non-hydrogen) atoms. The zero-order valence-corrected chi connectivity index (χ0v) is 19.8. The van der Waals surface area contributed by atoms with Crippen LogP contribution in [0.15, 0.2) is 60.9 Å². The Kier molecular flexibility index (Phi) is 7.09. The summed E-state index contributed by atoms with van der Waals surface area (Å²) in [7, 11) is 0. The quantitative estimate of drug-likeness (QED) is 0.329. The molecule has 0 bridgehead atoms. The topological polar surface area (TPSA) is 112 Å². The van der Waals surface area contributed by atoms with E-state index in [0.717, 1.165) is 6.20 Å². The van der Waals surface area contributed by atoms with Crippen LogP contribution < -0.4 is 0 Å². The predicted molar refractivity (Wildman–Crippen MR) is 126 cm³/mol. The number of aromatic nitrogens is 5. The van der Waals surface area contributed by atoms with Crippen LogP contribution in [0.25, 0.3) is 22.6 Å². The summed E-state index contributed by atoms with van der Waals surface area (Å²) in [5.74, 6) is -1.93. The lowest BCUT2D eigenvalue weighted by molar-refractivity contribution is -0.143. The maximum atomic E-state index is 13.9. The molecule has 9 nitrogen and oxygen atoms in total. The number of carbonyl (C=O) groups is 2. The van der Waals surface area contributed by atoms with E-state index in [9.17, 15) is 27.9 Å². The molecule has 0 aliphatic rings. The highest BCUT2D eigenvalue weighted by molar-refractivity contribution is 5.91. The molecule has 0 aliphatic carbocycles. The lowest BCUT2D eigenvalue weighted by atomic mass is 10.1. The van der Waals surface area contributed by atoms with E-state index in [-0.39, 0.29) is 23.8 Å². The van der Waals surface area contributed by atoms with Crippen LogP contribution in [-0.2, 0) is 10.9 Å². The number of carbonyl (C=O) groups excluding carboxylic acids is 1. The Morgan fingerprint density at radius 2 is 1.78 bits per heavy atom. The zero-order valence-electron chi connectivity index (χ0n) is 19.8. The van der Waals surface area contributed by atoms with E-state index in [0.29, 0.717) is 28.0 Å². The highest BCUT2D eigenvalue weighted by Gasteiger charge is 2.41. The second-order valence-corrected chi connectivity index (χ2v) is 8.59. The first-order chi connectivity index (χ1) is 17.5. The van der Waals surface area contributed by atoms with Crippen molar-refractivity contribution in [3.8, 4) is 22.6 Å². The molecule has 0 amide bonds. The van der Waals surface area contributed by atoms with Crippen molar-refractivity contribution in [3.63, 3.8) is 0 Å². The van der Waals surface area contributed by atoms with Gasteiger partial charge in [0.25, 0.3) is 0 Å². The molecule has 0 saturated carbocycles. The van der Waals surface area contributed by atoms with Gasteiger partial charge in [-0.05, 0) is 48.7 Å². The summed E-state index contributed by atoms with van der Waals surface area (Å²) in [6.07, 6.45) is -1.91. The fourth-order valence-corrected chi connectivity index (χ4v) is 3.51. The minimum absolute atomic E-state index is 0.00810. The van der Waals surface area contributed by atoms with E-state index in [4.69, 9.17) is 4.74 Å². The van der Waals surface area contributed by atoms with E-state index >= 15 is 0 Å². The first kappa shape index (κ1) is 25.6. The molecular weight excluding hydrogens is 491 g/mol. The number of alkyl halides is 3. The Bertz CT molecular complexity index is 1420. The van der Waals surface area contributed by atoms with E-state index in [1.54, 1.807) is 18.3 Å². The van der Waals surface area contributed by atoms with E-state index in [1.165, 1.54) is 41.1 Å². The molecule has 1 N–H and O–H groups in total. The third kappa shape index (κ3) is 5.68. The standard InChI is InChI=1S/C25H22F3N5O4/c1-15(2)10-11-37-24(36)20-13-29-33(22(20)25(26,27)28)19-8-6-18(7-9-19)32-14-21(30-31-32)16-4-3-5-17(12-16)23(34)35/h3-9,12-15H,10-11H2,1-2H3,(H,34,35). The number of ether oxygens (including phenoxy) is 1. The van der Waals surface area contributed by atoms with Gasteiger partial charge in [0.1, 0.15) is 11.3 Å². The van der Waals surface area contributed by atoms with Crippen LogP contribution in [0.3, 0.4) is 0 Å². The summed E-state index contributed by atoms with van der Waals surface area (Å²) in [5, 5.41) is 21.0. The molecule has 2 heterocycles. The van der Waals surface area contributed by atoms with E-state index in [2.05, 4.69) is 15.4 Å². The maximum Gasteiger partial charge on any atom is 0.434 e. The van der Waals surface area contributed by atoms with Crippen molar-refractivity contribution in [1.82, 2.24) is 24.8 Å². The monoisotopic (exact) mass is 513 g/mol. The Morgan fingerprint density at radius 1 is 1.08 bits per heavy atom. The van der Waals surface area contributed by atoms with Crippen LogP contribution in [-0.4, -0.2) is 48.4 Å². The Hall–Kier alpha value is -4.48. The van der Waals surface area contributed by atoms with Crippen LogP contribution in [0.2, 0.25) is 0 Å². The molecule has 0 unspecified atom stereocenters. The number of carboxylic acids is 1. The summed E-state index contributed by atoms with van der Waals surface area (Å²) in [6.45, 7) is 3.83. The SMILES string of the molecule is CC(C)CCOC(=O)c1cnn(-c2ccc(-n3cc(-c4cccc(C(=O)O)c4)nn3)cc2)c1C(F)(F)F. The highest BCUT2D eigenvalue weighted by Crippen LogP contribution is 2.34. The summed E-state index contributed by atoms with van der Waals surface area (Å²) in [5.41, 5.74) is -0.265. The lowest BCUT2D eigenvalue weighted by Gasteiger charge is -2.13. The van der Waals surface area contributed by atoms with Crippen LogP contribution in [0, 0.1) is 5.92 Å². The molecule has 0 radical (unpaired) electrons. The van der Waals surface area contributed by atoms with Crippen molar-refractivity contribution < 1.29 is 32.6 Å².